The van der Waals surface area contributed by atoms with Crippen LogP contribution in [0, 0.1) is 6.92 Å². The van der Waals surface area contributed by atoms with Crippen molar-refractivity contribution >= 4 is 28.4 Å². The number of aromatic nitrogens is 2. The Kier molecular flexibility index (Phi) is 4.02. The molecule has 1 amide bonds. The number of nitrogens with one attached hydrogen (secondary N) is 1. The molecular formula is C19H19N3OS. The average molecular weight is 337 g/mol. The zero-order valence-electron chi connectivity index (χ0n) is 13.6. The molecule has 4 rings (SSSR count). The fraction of sp³-hybridized carbons (Fsp3) is 0.263. The van der Waals surface area contributed by atoms with Crippen LogP contribution in [-0.2, 0) is 17.8 Å². The van der Waals surface area contributed by atoms with Crippen LogP contribution >= 0.6 is 11.8 Å². The van der Waals surface area contributed by atoms with Crippen molar-refractivity contribution in [2.24, 2.45) is 0 Å². The Morgan fingerprint density at radius 2 is 2.08 bits per heavy atom. The van der Waals surface area contributed by atoms with E-state index in [2.05, 4.69) is 40.5 Å². The highest BCUT2D eigenvalue weighted by Crippen LogP contribution is 2.25. The number of carbonyl (C=O) groups is 1. The van der Waals surface area contributed by atoms with E-state index < -0.39 is 0 Å². The summed E-state index contributed by atoms with van der Waals surface area (Å²) in [5.41, 5.74) is 3.37. The van der Waals surface area contributed by atoms with Crippen molar-refractivity contribution in [3.8, 4) is 0 Å². The van der Waals surface area contributed by atoms with Crippen LogP contribution in [0.4, 0.5) is 0 Å². The normalized spacial score (nSPS) is 14.0. The highest BCUT2D eigenvalue weighted by Gasteiger charge is 2.23. The van der Waals surface area contributed by atoms with Crippen LogP contribution in [0.1, 0.15) is 17.0 Å². The molecule has 0 fully saturated rings. The van der Waals surface area contributed by atoms with Crippen molar-refractivity contribution in [1.29, 1.82) is 0 Å². The number of hydrogen-bond acceptors (Lipinski definition) is 3. The molecule has 1 N–H and O–H groups in total. The lowest BCUT2D eigenvalue weighted by atomic mass is 10.1. The molecule has 4 nitrogen and oxygen atoms in total. The number of aryl methyl sites for hydroxylation is 1. The first-order valence-electron chi connectivity index (χ1n) is 8.13. The number of rotatable bonds is 3. The first kappa shape index (κ1) is 15.3. The number of carbonyl (C=O) groups excluding carboxylic acids is 1. The molecule has 0 bridgehead atoms. The maximum Gasteiger partial charge on any atom is 0.233 e. The van der Waals surface area contributed by atoms with Crippen molar-refractivity contribution in [2.75, 3.05) is 12.3 Å². The van der Waals surface area contributed by atoms with Gasteiger partial charge >= 0.3 is 0 Å². The van der Waals surface area contributed by atoms with Crippen molar-refractivity contribution < 1.29 is 4.79 Å². The summed E-state index contributed by atoms with van der Waals surface area (Å²) in [6, 6.07) is 14.7. The van der Waals surface area contributed by atoms with Crippen molar-refractivity contribution in [2.45, 2.75) is 24.8 Å². The van der Waals surface area contributed by atoms with E-state index in [-0.39, 0.29) is 5.91 Å². The number of fused-ring (bicyclic) bond motifs is 2. The Hall–Kier alpha value is -2.27. The minimum Gasteiger partial charge on any atom is -0.337 e. The Balaban J connectivity index is 1.42. The maximum absolute atomic E-state index is 12.6. The van der Waals surface area contributed by atoms with E-state index in [4.69, 9.17) is 0 Å². The predicted octanol–water partition coefficient (Wildman–Crippen LogP) is 3.55. The summed E-state index contributed by atoms with van der Waals surface area (Å²) < 4.78 is 0. The van der Waals surface area contributed by atoms with Crippen LogP contribution in [0.3, 0.4) is 0 Å². The summed E-state index contributed by atoms with van der Waals surface area (Å²) in [6.07, 6.45) is 0.839. The highest BCUT2D eigenvalue weighted by molar-refractivity contribution is 8.00. The zero-order valence-corrected chi connectivity index (χ0v) is 14.4. The summed E-state index contributed by atoms with van der Waals surface area (Å²) in [7, 11) is 0. The molecule has 0 saturated heterocycles. The Labute approximate surface area is 145 Å². The fourth-order valence-corrected chi connectivity index (χ4v) is 3.98. The molecule has 1 aromatic heterocycles. The number of amides is 1. The molecule has 0 radical (unpaired) electrons. The highest BCUT2D eigenvalue weighted by atomic mass is 32.2. The van der Waals surface area contributed by atoms with Gasteiger partial charge in [-0.15, -0.1) is 11.8 Å². The first-order chi connectivity index (χ1) is 11.7. The van der Waals surface area contributed by atoms with Crippen molar-refractivity contribution in [3.63, 3.8) is 0 Å². The van der Waals surface area contributed by atoms with Crippen LogP contribution < -0.4 is 0 Å². The number of aromatic amines is 1. The van der Waals surface area contributed by atoms with E-state index in [0.29, 0.717) is 12.3 Å². The van der Waals surface area contributed by atoms with E-state index >= 15 is 0 Å². The lowest BCUT2D eigenvalue weighted by Crippen LogP contribution is -2.37. The van der Waals surface area contributed by atoms with Gasteiger partial charge < -0.3 is 4.90 Å². The molecule has 2 aromatic carbocycles. The Bertz CT molecular complexity index is 903. The molecule has 0 aliphatic carbocycles. The van der Waals surface area contributed by atoms with Crippen molar-refractivity contribution in [3.05, 3.63) is 59.4 Å². The smallest absolute Gasteiger partial charge is 0.233 e. The topological polar surface area (TPSA) is 49.0 Å². The monoisotopic (exact) mass is 337 g/mol. The van der Waals surface area contributed by atoms with Gasteiger partial charge in [0.05, 0.1) is 11.4 Å². The quantitative estimate of drug-likeness (QED) is 0.744. The van der Waals surface area contributed by atoms with Crippen molar-refractivity contribution in [1.82, 2.24) is 15.1 Å². The molecule has 24 heavy (non-hydrogen) atoms. The fourth-order valence-electron chi connectivity index (χ4n) is 3.14. The Morgan fingerprint density at radius 3 is 2.96 bits per heavy atom. The lowest BCUT2D eigenvalue weighted by Gasteiger charge is -2.26. The van der Waals surface area contributed by atoms with Gasteiger partial charge in [0.2, 0.25) is 5.91 Å². The molecule has 1 aliphatic rings. The van der Waals surface area contributed by atoms with Crippen LogP contribution in [0.25, 0.3) is 10.8 Å². The van der Waals surface area contributed by atoms with Gasteiger partial charge in [-0.2, -0.15) is 5.10 Å². The second-order valence-corrected chi connectivity index (χ2v) is 7.19. The average Bonchev–Trinajstić information content (AvgIpc) is 3.00. The van der Waals surface area contributed by atoms with Crippen LogP contribution in [0.2, 0.25) is 0 Å². The number of thioether (sulfide) groups is 1. The van der Waals surface area contributed by atoms with Gasteiger partial charge in [0.25, 0.3) is 0 Å². The summed E-state index contributed by atoms with van der Waals surface area (Å²) in [5, 5.41) is 9.77. The molecule has 0 spiro atoms. The zero-order chi connectivity index (χ0) is 16.5. The largest absolute Gasteiger partial charge is 0.337 e. The summed E-state index contributed by atoms with van der Waals surface area (Å²) >= 11 is 1.61. The molecule has 2 heterocycles. The van der Waals surface area contributed by atoms with Gasteiger partial charge in [-0.25, -0.2) is 0 Å². The molecule has 0 unspecified atom stereocenters. The Morgan fingerprint density at radius 1 is 1.25 bits per heavy atom. The van der Waals surface area contributed by atoms with Crippen LogP contribution in [-0.4, -0.2) is 33.3 Å². The molecule has 1 aliphatic heterocycles. The summed E-state index contributed by atoms with van der Waals surface area (Å²) in [4.78, 5) is 15.6. The van der Waals surface area contributed by atoms with Gasteiger partial charge in [0.1, 0.15) is 0 Å². The van der Waals surface area contributed by atoms with Gasteiger partial charge in [0.15, 0.2) is 0 Å². The second kappa shape index (κ2) is 6.32. The molecule has 0 saturated carbocycles. The molecule has 122 valence electrons. The number of hydrogen-bond donors (Lipinski definition) is 1. The van der Waals surface area contributed by atoms with E-state index in [9.17, 15) is 4.79 Å². The number of nitrogens with zero attached hydrogens (tertiary/aromatic N) is 2. The minimum atomic E-state index is 0.194. The molecular weight excluding hydrogens is 318 g/mol. The third-order valence-electron chi connectivity index (χ3n) is 4.56. The SMILES string of the molecule is Cc1[nH]nc2c1CN(C(=O)CSc1ccc3ccccc3c1)CC2. The molecule has 3 aromatic rings. The van der Waals surface area contributed by atoms with Crippen LogP contribution in [0.5, 0.6) is 0 Å². The van der Waals surface area contributed by atoms with Crippen LogP contribution in [0.15, 0.2) is 47.4 Å². The standard InChI is InChI=1S/C19H19N3OS/c1-13-17-11-22(9-8-18(17)21-20-13)19(23)12-24-16-7-6-14-4-2-3-5-15(14)10-16/h2-7,10H,8-9,11-12H2,1H3,(H,20,21). The van der Waals surface area contributed by atoms with Gasteiger partial charge in [-0.1, -0.05) is 30.3 Å². The molecule has 5 heteroatoms. The number of benzene rings is 2. The first-order valence-corrected chi connectivity index (χ1v) is 9.11. The third-order valence-corrected chi connectivity index (χ3v) is 5.54. The van der Waals surface area contributed by atoms with Gasteiger partial charge in [0, 0.05) is 35.7 Å². The van der Waals surface area contributed by atoms with E-state index in [0.717, 1.165) is 29.2 Å². The minimum absolute atomic E-state index is 0.194. The number of H-pyrrole nitrogens is 1. The van der Waals surface area contributed by atoms with E-state index in [1.807, 2.05) is 24.0 Å². The second-order valence-electron chi connectivity index (χ2n) is 6.14. The van der Waals surface area contributed by atoms with Gasteiger partial charge in [-0.05, 0) is 29.8 Å². The van der Waals surface area contributed by atoms with Gasteiger partial charge in [-0.3, -0.25) is 9.89 Å². The third kappa shape index (κ3) is 2.91. The predicted molar refractivity (Wildman–Crippen MR) is 97.1 cm³/mol. The van der Waals surface area contributed by atoms with E-state index in [1.54, 1.807) is 11.8 Å². The lowest BCUT2D eigenvalue weighted by molar-refractivity contribution is -0.129. The summed E-state index contributed by atoms with van der Waals surface area (Å²) in [5.74, 6) is 0.671. The molecule has 0 atom stereocenters. The maximum atomic E-state index is 12.6. The summed E-state index contributed by atoms with van der Waals surface area (Å²) in [6.45, 7) is 3.45. The van der Waals surface area contributed by atoms with E-state index in [1.165, 1.54) is 16.3 Å².